The molecule has 1 atom stereocenters. The Hall–Kier alpha value is -1.95. The zero-order chi connectivity index (χ0) is 12.8. The van der Waals surface area contributed by atoms with Gasteiger partial charge in [0.1, 0.15) is 18.0 Å². The maximum absolute atomic E-state index is 5.87. The Morgan fingerprint density at radius 3 is 3.00 bits per heavy atom. The van der Waals surface area contributed by atoms with Gasteiger partial charge in [0.05, 0.1) is 6.04 Å². The van der Waals surface area contributed by atoms with Gasteiger partial charge in [0.15, 0.2) is 0 Å². The predicted octanol–water partition coefficient (Wildman–Crippen LogP) is 1.07. The second kappa shape index (κ2) is 6.11. The Bertz CT molecular complexity index is 467. The van der Waals surface area contributed by atoms with Gasteiger partial charge in [0.25, 0.3) is 0 Å². The molecule has 0 bridgehead atoms. The molecule has 0 aliphatic rings. The molecule has 0 amide bonds. The summed E-state index contributed by atoms with van der Waals surface area (Å²) < 4.78 is 0. The Morgan fingerprint density at radius 2 is 2.33 bits per heavy atom. The number of rotatable bonds is 6. The molecule has 0 radical (unpaired) electrons. The van der Waals surface area contributed by atoms with Crippen molar-refractivity contribution in [2.24, 2.45) is 0 Å². The van der Waals surface area contributed by atoms with Crippen molar-refractivity contribution in [2.75, 3.05) is 12.3 Å². The fourth-order valence-corrected chi connectivity index (χ4v) is 1.81. The molecule has 0 aliphatic heterocycles. The molecular weight excluding hydrogens is 228 g/mol. The molecule has 0 saturated carbocycles. The van der Waals surface area contributed by atoms with Gasteiger partial charge in [-0.2, -0.15) is 5.10 Å². The minimum Gasteiger partial charge on any atom is -0.383 e. The van der Waals surface area contributed by atoms with Gasteiger partial charge in [-0.1, -0.05) is 13.0 Å². The number of H-pyrrole nitrogens is 1. The predicted molar refractivity (Wildman–Crippen MR) is 69.8 cm³/mol. The van der Waals surface area contributed by atoms with Crippen LogP contribution in [0.1, 0.15) is 30.8 Å². The first-order valence-electron chi connectivity index (χ1n) is 6.09. The number of aromatic amines is 1. The largest absolute Gasteiger partial charge is 0.383 e. The van der Waals surface area contributed by atoms with E-state index in [1.54, 1.807) is 6.20 Å². The van der Waals surface area contributed by atoms with Gasteiger partial charge < -0.3 is 11.1 Å². The lowest BCUT2D eigenvalue weighted by Crippen LogP contribution is -2.25. The standard InChI is InChI=1S/C12H18N6/c1-2-5-14-10(12-16-8-17-18-12)7-9-4-3-6-15-11(9)13/h3-4,6,8,10,14H,2,5,7H2,1H3,(H2,13,15)(H,16,17,18). The smallest absolute Gasteiger partial charge is 0.141 e. The first-order valence-corrected chi connectivity index (χ1v) is 6.09. The van der Waals surface area contributed by atoms with Crippen LogP contribution in [0.25, 0.3) is 0 Å². The fraction of sp³-hybridized carbons (Fsp3) is 0.417. The van der Waals surface area contributed by atoms with Crippen LogP contribution in [0.3, 0.4) is 0 Å². The van der Waals surface area contributed by atoms with Crippen molar-refractivity contribution in [3.05, 3.63) is 36.0 Å². The topological polar surface area (TPSA) is 92.5 Å². The lowest BCUT2D eigenvalue weighted by Gasteiger charge is -2.16. The molecule has 2 aromatic rings. The molecule has 1 unspecified atom stereocenters. The molecule has 4 N–H and O–H groups in total. The van der Waals surface area contributed by atoms with E-state index in [2.05, 4.69) is 32.4 Å². The summed E-state index contributed by atoms with van der Waals surface area (Å²) in [5, 5.41) is 10.2. The normalized spacial score (nSPS) is 12.5. The van der Waals surface area contributed by atoms with E-state index in [-0.39, 0.29) is 6.04 Å². The maximum atomic E-state index is 5.87. The molecular formula is C12H18N6. The number of nitrogens with two attached hydrogens (primary N) is 1. The summed E-state index contributed by atoms with van der Waals surface area (Å²) in [6.45, 7) is 3.05. The van der Waals surface area contributed by atoms with Crippen molar-refractivity contribution < 1.29 is 0 Å². The number of pyridine rings is 1. The Morgan fingerprint density at radius 1 is 1.44 bits per heavy atom. The van der Waals surface area contributed by atoms with Gasteiger partial charge in [-0.05, 0) is 31.0 Å². The van der Waals surface area contributed by atoms with Crippen LogP contribution in [0.2, 0.25) is 0 Å². The van der Waals surface area contributed by atoms with Crippen LogP contribution in [0.5, 0.6) is 0 Å². The number of nitrogens with zero attached hydrogens (tertiary/aromatic N) is 3. The maximum Gasteiger partial charge on any atom is 0.141 e. The zero-order valence-electron chi connectivity index (χ0n) is 10.4. The van der Waals surface area contributed by atoms with E-state index in [0.29, 0.717) is 5.82 Å². The summed E-state index contributed by atoms with van der Waals surface area (Å²) in [6.07, 6.45) is 5.02. The summed E-state index contributed by atoms with van der Waals surface area (Å²) in [6, 6.07) is 3.96. The average molecular weight is 246 g/mol. The fourth-order valence-electron chi connectivity index (χ4n) is 1.81. The van der Waals surface area contributed by atoms with E-state index in [4.69, 9.17) is 5.73 Å². The molecule has 0 fully saturated rings. The van der Waals surface area contributed by atoms with Crippen molar-refractivity contribution >= 4 is 5.82 Å². The highest BCUT2D eigenvalue weighted by atomic mass is 15.2. The van der Waals surface area contributed by atoms with Crippen LogP contribution in [-0.2, 0) is 6.42 Å². The highest BCUT2D eigenvalue weighted by Gasteiger charge is 2.15. The minimum atomic E-state index is 0.0824. The van der Waals surface area contributed by atoms with Crippen LogP contribution in [0.4, 0.5) is 5.82 Å². The Labute approximate surface area is 106 Å². The SMILES string of the molecule is CCCNC(Cc1cccnc1N)c1ncn[nH]1. The number of nitrogens with one attached hydrogen (secondary N) is 2. The molecule has 18 heavy (non-hydrogen) atoms. The van der Waals surface area contributed by atoms with Gasteiger partial charge in [-0.3, -0.25) is 5.10 Å². The monoisotopic (exact) mass is 246 g/mol. The molecule has 2 rings (SSSR count). The van der Waals surface area contributed by atoms with Gasteiger partial charge in [-0.25, -0.2) is 9.97 Å². The Kier molecular flexibility index (Phi) is 4.25. The molecule has 2 heterocycles. The minimum absolute atomic E-state index is 0.0824. The van der Waals surface area contributed by atoms with E-state index in [0.717, 1.165) is 30.8 Å². The van der Waals surface area contributed by atoms with Crippen LogP contribution < -0.4 is 11.1 Å². The van der Waals surface area contributed by atoms with Crippen molar-refractivity contribution in [1.29, 1.82) is 0 Å². The summed E-state index contributed by atoms with van der Waals surface area (Å²) in [7, 11) is 0. The summed E-state index contributed by atoms with van der Waals surface area (Å²) in [5.41, 5.74) is 6.88. The molecule has 0 aromatic carbocycles. The van der Waals surface area contributed by atoms with Gasteiger partial charge >= 0.3 is 0 Å². The zero-order valence-corrected chi connectivity index (χ0v) is 10.4. The lowest BCUT2D eigenvalue weighted by atomic mass is 10.1. The third kappa shape index (κ3) is 3.04. The molecule has 0 aliphatic carbocycles. The van der Waals surface area contributed by atoms with E-state index in [1.807, 2.05) is 12.1 Å². The summed E-state index contributed by atoms with van der Waals surface area (Å²) >= 11 is 0. The van der Waals surface area contributed by atoms with E-state index < -0.39 is 0 Å². The number of hydrogen-bond acceptors (Lipinski definition) is 5. The molecule has 0 saturated heterocycles. The van der Waals surface area contributed by atoms with Crippen molar-refractivity contribution in [3.8, 4) is 0 Å². The third-order valence-corrected chi connectivity index (χ3v) is 2.75. The molecule has 6 heteroatoms. The quantitative estimate of drug-likeness (QED) is 0.709. The highest BCUT2D eigenvalue weighted by molar-refractivity contribution is 5.39. The first-order chi connectivity index (χ1) is 8.81. The lowest BCUT2D eigenvalue weighted by molar-refractivity contribution is 0.506. The second-order valence-corrected chi connectivity index (χ2v) is 4.13. The second-order valence-electron chi connectivity index (χ2n) is 4.13. The van der Waals surface area contributed by atoms with Gasteiger partial charge in [-0.15, -0.1) is 0 Å². The number of nitrogen functional groups attached to an aromatic ring is 1. The first kappa shape index (κ1) is 12.5. The van der Waals surface area contributed by atoms with Crippen LogP contribution in [-0.4, -0.2) is 26.7 Å². The van der Waals surface area contributed by atoms with E-state index >= 15 is 0 Å². The molecule has 0 spiro atoms. The number of anilines is 1. The number of aromatic nitrogens is 4. The molecule has 6 nitrogen and oxygen atoms in total. The van der Waals surface area contributed by atoms with Crippen molar-refractivity contribution in [2.45, 2.75) is 25.8 Å². The van der Waals surface area contributed by atoms with Gasteiger partial charge in [0.2, 0.25) is 0 Å². The summed E-state index contributed by atoms with van der Waals surface area (Å²) in [5.74, 6) is 1.40. The Balaban J connectivity index is 2.13. The average Bonchev–Trinajstić information content (AvgIpc) is 2.90. The van der Waals surface area contributed by atoms with Crippen LogP contribution in [0, 0.1) is 0 Å². The van der Waals surface area contributed by atoms with Crippen LogP contribution >= 0.6 is 0 Å². The summed E-state index contributed by atoms with van der Waals surface area (Å²) in [4.78, 5) is 8.30. The van der Waals surface area contributed by atoms with Gasteiger partial charge in [0, 0.05) is 6.20 Å². The van der Waals surface area contributed by atoms with Crippen molar-refractivity contribution in [3.63, 3.8) is 0 Å². The van der Waals surface area contributed by atoms with Crippen molar-refractivity contribution in [1.82, 2.24) is 25.5 Å². The molecule has 96 valence electrons. The van der Waals surface area contributed by atoms with E-state index in [9.17, 15) is 0 Å². The van der Waals surface area contributed by atoms with E-state index in [1.165, 1.54) is 6.33 Å². The number of hydrogen-bond donors (Lipinski definition) is 3. The van der Waals surface area contributed by atoms with Crippen LogP contribution in [0.15, 0.2) is 24.7 Å². The third-order valence-electron chi connectivity index (χ3n) is 2.75. The highest BCUT2D eigenvalue weighted by Crippen LogP contribution is 2.17. The molecule has 2 aromatic heterocycles.